The molecule has 0 amide bonds. The molecular weight excluding hydrogens is 217 g/mol. The molecule has 0 bridgehead atoms. The van der Waals surface area contributed by atoms with Crippen LogP contribution < -0.4 is 5.32 Å². The lowest BCUT2D eigenvalue weighted by molar-refractivity contribution is 0.239. The summed E-state index contributed by atoms with van der Waals surface area (Å²) in [6.45, 7) is 6.72. The molecule has 1 aromatic rings. The quantitative estimate of drug-likeness (QED) is 0.840. The Morgan fingerprint density at radius 2 is 2.06 bits per heavy atom. The molecule has 0 aliphatic carbocycles. The number of nitrogens with one attached hydrogen (secondary N) is 1. The molecule has 2 fully saturated rings. The number of rotatable bonds is 2. The average Bonchev–Trinajstić information content (AvgIpc) is 2.89. The van der Waals surface area contributed by atoms with Crippen LogP contribution in [0.25, 0.3) is 0 Å². The molecule has 3 rings (SSSR count). The highest BCUT2D eigenvalue weighted by Crippen LogP contribution is 2.32. The lowest BCUT2D eigenvalue weighted by Gasteiger charge is -2.24. The van der Waals surface area contributed by atoms with Gasteiger partial charge in [-0.15, -0.1) is 0 Å². The molecule has 2 aliphatic heterocycles. The summed E-state index contributed by atoms with van der Waals surface area (Å²) in [6, 6.07) is 3.59. The first-order valence-electron chi connectivity index (χ1n) is 6.30. The predicted octanol–water partition coefficient (Wildman–Crippen LogP) is 1.43. The third kappa shape index (κ3) is 2.07. The van der Waals surface area contributed by atoms with E-state index >= 15 is 0 Å². The van der Waals surface area contributed by atoms with Crippen molar-refractivity contribution in [2.24, 2.45) is 11.8 Å². The van der Waals surface area contributed by atoms with Gasteiger partial charge in [0.15, 0.2) is 0 Å². The van der Waals surface area contributed by atoms with Crippen molar-refractivity contribution in [2.45, 2.75) is 13.0 Å². The van der Waals surface area contributed by atoms with E-state index in [4.69, 9.17) is 0 Å². The van der Waals surface area contributed by atoms with Crippen molar-refractivity contribution in [3.63, 3.8) is 0 Å². The minimum atomic E-state index is -0.261. The van der Waals surface area contributed by atoms with Gasteiger partial charge >= 0.3 is 0 Å². The zero-order valence-electron chi connectivity index (χ0n) is 10.1. The van der Waals surface area contributed by atoms with E-state index in [1.165, 1.54) is 12.3 Å². The minimum Gasteiger partial charge on any atom is -0.316 e. The van der Waals surface area contributed by atoms with Gasteiger partial charge < -0.3 is 5.32 Å². The second-order valence-corrected chi connectivity index (χ2v) is 5.21. The molecule has 3 heterocycles. The molecule has 2 aliphatic rings. The summed E-state index contributed by atoms with van der Waals surface area (Å²) in [5.74, 6) is 1.32. The molecule has 0 saturated carbocycles. The number of nitrogens with zero attached hydrogens (tertiary/aromatic N) is 2. The molecule has 4 heteroatoms. The van der Waals surface area contributed by atoms with E-state index in [0.29, 0.717) is 6.04 Å². The first kappa shape index (κ1) is 11.1. The normalized spacial score (nSPS) is 30.5. The van der Waals surface area contributed by atoms with Crippen molar-refractivity contribution >= 4 is 0 Å². The highest BCUT2D eigenvalue weighted by Gasteiger charge is 2.38. The zero-order valence-corrected chi connectivity index (χ0v) is 10.1. The Hall–Kier alpha value is -1.00. The van der Waals surface area contributed by atoms with E-state index in [1.54, 1.807) is 6.07 Å². The van der Waals surface area contributed by atoms with E-state index in [0.717, 1.165) is 43.7 Å². The molecule has 3 atom stereocenters. The number of halogens is 1. The molecule has 1 aromatic heterocycles. The van der Waals surface area contributed by atoms with Gasteiger partial charge in [0.1, 0.15) is 5.82 Å². The predicted molar refractivity (Wildman–Crippen MR) is 64.0 cm³/mol. The Bertz CT molecular complexity index is 380. The zero-order chi connectivity index (χ0) is 11.8. The minimum absolute atomic E-state index is 0.261. The molecule has 1 unspecified atom stereocenters. The summed E-state index contributed by atoms with van der Waals surface area (Å²) in [5, 5.41) is 3.44. The van der Waals surface area contributed by atoms with Gasteiger partial charge in [-0.05, 0) is 44.0 Å². The summed E-state index contributed by atoms with van der Waals surface area (Å²) in [5.41, 5.74) is 0.972. The largest absolute Gasteiger partial charge is 0.316 e. The van der Waals surface area contributed by atoms with Gasteiger partial charge in [-0.2, -0.15) is 0 Å². The van der Waals surface area contributed by atoms with Crippen LogP contribution in [0.15, 0.2) is 18.3 Å². The van der Waals surface area contributed by atoms with Crippen molar-refractivity contribution in [1.82, 2.24) is 15.2 Å². The summed E-state index contributed by atoms with van der Waals surface area (Å²) in [6.07, 6.45) is 1.31. The number of fused-ring (bicyclic) bond motifs is 1. The van der Waals surface area contributed by atoms with Gasteiger partial charge in [-0.1, -0.05) is 0 Å². The van der Waals surface area contributed by atoms with Crippen LogP contribution in [0.3, 0.4) is 0 Å². The maximum atomic E-state index is 12.8. The Balaban J connectivity index is 1.70. The van der Waals surface area contributed by atoms with E-state index in [9.17, 15) is 4.39 Å². The molecule has 92 valence electrons. The van der Waals surface area contributed by atoms with Gasteiger partial charge in [0.05, 0.1) is 11.9 Å². The van der Waals surface area contributed by atoms with Crippen LogP contribution in [-0.4, -0.2) is 36.1 Å². The second-order valence-electron chi connectivity index (χ2n) is 5.21. The first-order valence-corrected chi connectivity index (χ1v) is 6.30. The highest BCUT2D eigenvalue weighted by molar-refractivity contribution is 5.10. The monoisotopic (exact) mass is 235 g/mol. The van der Waals surface area contributed by atoms with Crippen molar-refractivity contribution in [1.29, 1.82) is 0 Å². The molecule has 0 aromatic carbocycles. The maximum Gasteiger partial charge on any atom is 0.141 e. The highest BCUT2D eigenvalue weighted by atomic mass is 19.1. The van der Waals surface area contributed by atoms with Crippen LogP contribution in [0.2, 0.25) is 0 Å². The fraction of sp³-hybridized carbons (Fsp3) is 0.615. The number of hydrogen-bond acceptors (Lipinski definition) is 3. The number of aromatic nitrogens is 1. The standard InChI is InChI=1S/C13H18FN3/c1-9(13-3-2-12(14)6-16-13)17-7-10-4-15-5-11(10)8-17/h2-3,6,9-11,15H,4-5,7-8H2,1H3/t9?,10-,11+. The van der Waals surface area contributed by atoms with Crippen molar-refractivity contribution in [3.8, 4) is 0 Å². The summed E-state index contributed by atoms with van der Waals surface area (Å²) in [7, 11) is 0. The molecule has 2 saturated heterocycles. The van der Waals surface area contributed by atoms with Crippen LogP contribution in [0.5, 0.6) is 0 Å². The van der Waals surface area contributed by atoms with Gasteiger partial charge in [0.2, 0.25) is 0 Å². The van der Waals surface area contributed by atoms with Gasteiger partial charge in [0.25, 0.3) is 0 Å². The van der Waals surface area contributed by atoms with Crippen LogP contribution >= 0.6 is 0 Å². The molecular formula is C13H18FN3. The van der Waals surface area contributed by atoms with Crippen LogP contribution in [-0.2, 0) is 0 Å². The number of hydrogen-bond donors (Lipinski definition) is 1. The third-order valence-corrected chi connectivity index (χ3v) is 4.14. The molecule has 3 nitrogen and oxygen atoms in total. The topological polar surface area (TPSA) is 28.2 Å². The van der Waals surface area contributed by atoms with Crippen LogP contribution in [0.1, 0.15) is 18.7 Å². The summed E-state index contributed by atoms with van der Waals surface area (Å²) >= 11 is 0. The lowest BCUT2D eigenvalue weighted by atomic mass is 10.0. The van der Waals surface area contributed by atoms with E-state index < -0.39 is 0 Å². The van der Waals surface area contributed by atoms with Gasteiger partial charge in [0, 0.05) is 19.1 Å². The van der Waals surface area contributed by atoms with Crippen molar-refractivity contribution < 1.29 is 4.39 Å². The SMILES string of the molecule is CC(c1ccc(F)cn1)N1C[C@H]2CNC[C@H]2C1. The lowest BCUT2D eigenvalue weighted by Crippen LogP contribution is -2.29. The van der Waals surface area contributed by atoms with Crippen LogP contribution in [0.4, 0.5) is 4.39 Å². The smallest absolute Gasteiger partial charge is 0.141 e. The Labute approximate surface area is 101 Å². The van der Waals surface area contributed by atoms with Gasteiger partial charge in [-0.25, -0.2) is 4.39 Å². The molecule has 0 spiro atoms. The molecule has 17 heavy (non-hydrogen) atoms. The van der Waals surface area contributed by atoms with Gasteiger partial charge in [-0.3, -0.25) is 9.88 Å². The third-order valence-electron chi connectivity index (χ3n) is 4.14. The van der Waals surface area contributed by atoms with E-state index in [-0.39, 0.29) is 5.82 Å². The Morgan fingerprint density at radius 3 is 2.65 bits per heavy atom. The number of pyridine rings is 1. The Kier molecular flexibility index (Phi) is 2.84. The number of likely N-dealkylation sites (tertiary alicyclic amines) is 1. The van der Waals surface area contributed by atoms with Crippen molar-refractivity contribution in [2.75, 3.05) is 26.2 Å². The van der Waals surface area contributed by atoms with Crippen LogP contribution in [0, 0.1) is 17.7 Å². The summed E-state index contributed by atoms with van der Waals surface area (Å²) < 4.78 is 12.8. The molecule has 0 radical (unpaired) electrons. The summed E-state index contributed by atoms with van der Waals surface area (Å²) in [4.78, 5) is 6.65. The van der Waals surface area contributed by atoms with E-state index in [2.05, 4.69) is 22.1 Å². The first-order chi connectivity index (χ1) is 8.24. The maximum absolute atomic E-state index is 12.8. The fourth-order valence-electron chi connectivity index (χ4n) is 3.03. The Morgan fingerprint density at radius 1 is 1.35 bits per heavy atom. The molecule has 1 N–H and O–H groups in total. The average molecular weight is 235 g/mol. The fourth-order valence-corrected chi connectivity index (χ4v) is 3.03. The second kappa shape index (κ2) is 4.35. The van der Waals surface area contributed by atoms with E-state index in [1.807, 2.05) is 0 Å². The van der Waals surface area contributed by atoms with Crippen molar-refractivity contribution in [3.05, 3.63) is 29.8 Å².